The zero-order valence-corrected chi connectivity index (χ0v) is 13.3. The molecule has 21 heavy (non-hydrogen) atoms. The van der Waals surface area contributed by atoms with Crippen molar-refractivity contribution in [1.82, 2.24) is 5.32 Å². The Kier molecular flexibility index (Phi) is 5.74. The van der Waals surface area contributed by atoms with E-state index >= 15 is 0 Å². The first-order valence-corrected chi connectivity index (χ1v) is 7.77. The lowest BCUT2D eigenvalue weighted by Gasteiger charge is -2.19. The van der Waals surface area contributed by atoms with Crippen molar-refractivity contribution in [1.29, 1.82) is 0 Å². The number of alkyl halides is 1. The Bertz CT molecular complexity index is 492. The summed E-state index contributed by atoms with van der Waals surface area (Å²) in [5.41, 5.74) is 0.908. The molecular weight excluding hydrogens is 290 g/mol. The molecule has 0 heterocycles. The lowest BCUT2D eigenvalue weighted by atomic mass is 10.1. The molecule has 2 unspecified atom stereocenters. The summed E-state index contributed by atoms with van der Waals surface area (Å²) in [5, 5.41) is 3.10. The number of benzene rings is 1. The lowest BCUT2D eigenvalue weighted by molar-refractivity contribution is -0.121. The molecule has 1 aromatic rings. The maximum Gasteiger partial charge on any atom is 0.224 e. The van der Waals surface area contributed by atoms with E-state index in [1.165, 1.54) is 0 Å². The van der Waals surface area contributed by atoms with Gasteiger partial charge in [-0.3, -0.25) is 4.79 Å². The molecule has 1 saturated carbocycles. The molecule has 0 saturated heterocycles. The summed E-state index contributed by atoms with van der Waals surface area (Å²) in [4.78, 5) is 12.2. The van der Waals surface area contributed by atoms with Crippen LogP contribution >= 0.6 is 11.6 Å². The molecule has 1 aliphatic rings. The first kappa shape index (κ1) is 16.0. The molecule has 0 spiro atoms. The predicted molar refractivity (Wildman–Crippen MR) is 83.2 cm³/mol. The van der Waals surface area contributed by atoms with Crippen molar-refractivity contribution in [3.8, 4) is 11.5 Å². The number of carbonyl (C=O) groups is 1. The molecule has 0 bridgehead atoms. The second kappa shape index (κ2) is 7.55. The molecule has 1 aromatic carbocycles. The van der Waals surface area contributed by atoms with Gasteiger partial charge in [0.1, 0.15) is 0 Å². The first-order valence-electron chi connectivity index (χ1n) is 7.24. The van der Waals surface area contributed by atoms with E-state index in [0.29, 0.717) is 29.7 Å². The lowest BCUT2D eigenvalue weighted by Crippen LogP contribution is -2.38. The average molecular weight is 312 g/mol. The summed E-state index contributed by atoms with van der Waals surface area (Å²) >= 11 is 5.94. The SMILES string of the molecule is COc1ccc(CC(=O)NC2CCCC2CCl)cc1OC. The van der Waals surface area contributed by atoms with Crippen molar-refractivity contribution in [2.24, 2.45) is 5.92 Å². The van der Waals surface area contributed by atoms with Gasteiger partial charge in [-0.05, 0) is 36.5 Å². The molecule has 0 aliphatic heterocycles. The fourth-order valence-electron chi connectivity index (χ4n) is 2.85. The van der Waals surface area contributed by atoms with Gasteiger partial charge >= 0.3 is 0 Å². The Morgan fingerprint density at radius 2 is 2.05 bits per heavy atom. The van der Waals surface area contributed by atoms with E-state index in [4.69, 9.17) is 21.1 Å². The fraction of sp³-hybridized carbons (Fsp3) is 0.562. The number of methoxy groups -OCH3 is 2. The quantitative estimate of drug-likeness (QED) is 0.822. The predicted octanol–water partition coefficient (Wildman–Crippen LogP) is 2.77. The topological polar surface area (TPSA) is 47.6 Å². The van der Waals surface area contributed by atoms with Crippen molar-refractivity contribution < 1.29 is 14.3 Å². The number of nitrogens with one attached hydrogen (secondary N) is 1. The number of rotatable bonds is 6. The number of hydrogen-bond acceptors (Lipinski definition) is 3. The van der Waals surface area contributed by atoms with Gasteiger partial charge in [-0.15, -0.1) is 11.6 Å². The average Bonchev–Trinajstić information content (AvgIpc) is 2.94. The largest absolute Gasteiger partial charge is 0.493 e. The third kappa shape index (κ3) is 4.03. The molecule has 2 atom stereocenters. The Morgan fingerprint density at radius 1 is 1.29 bits per heavy atom. The van der Waals surface area contributed by atoms with Gasteiger partial charge in [0.25, 0.3) is 0 Å². The summed E-state index contributed by atoms with van der Waals surface area (Å²) in [7, 11) is 3.18. The molecular formula is C16H22ClNO3. The monoisotopic (exact) mass is 311 g/mol. The van der Waals surface area contributed by atoms with Gasteiger partial charge < -0.3 is 14.8 Å². The van der Waals surface area contributed by atoms with Crippen LogP contribution in [0.15, 0.2) is 18.2 Å². The third-order valence-corrected chi connectivity index (χ3v) is 4.41. The van der Waals surface area contributed by atoms with Crippen LogP contribution in [0.4, 0.5) is 0 Å². The van der Waals surface area contributed by atoms with Crippen LogP contribution in [0.3, 0.4) is 0 Å². The Labute approximate surface area is 130 Å². The minimum absolute atomic E-state index is 0.0317. The summed E-state index contributed by atoms with van der Waals surface area (Å²) in [6.07, 6.45) is 3.60. The van der Waals surface area contributed by atoms with Crippen LogP contribution < -0.4 is 14.8 Å². The van der Waals surface area contributed by atoms with E-state index in [1.54, 1.807) is 14.2 Å². The zero-order chi connectivity index (χ0) is 15.2. The van der Waals surface area contributed by atoms with Gasteiger partial charge in [0.15, 0.2) is 11.5 Å². The van der Waals surface area contributed by atoms with E-state index < -0.39 is 0 Å². The highest BCUT2D eigenvalue weighted by atomic mass is 35.5. The standard InChI is InChI=1S/C16H22ClNO3/c1-20-14-7-6-11(8-15(14)21-2)9-16(19)18-13-5-3-4-12(13)10-17/h6-8,12-13H,3-5,9-10H2,1-2H3,(H,18,19). The van der Waals surface area contributed by atoms with E-state index in [-0.39, 0.29) is 11.9 Å². The van der Waals surface area contributed by atoms with Crippen molar-refractivity contribution in [2.75, 3.05) is 20.1 Å². The van der Waals surface area contributed by atoms with Crippen molar-refractivity contribution in [3.63, 3.8) is 0 Å². The summed E-state index contributed by atoms with van der Waals surface area (Å²) in [6.45, 7) is 0. The normalized spacial score (nSPS) is 21.1. The van der Waals surface area contributed by atoms with Gasteiger partial charge in [-0.25, -0.2) is 0 Å². The number of hydrogen-bond donors (Lipinski definition) is 1. The molecule has 1 N–H and O–H groups in total. The highest BCUT2D eigenvalue weighted by molar-refractivity contribution is 6.18. The van der Waals surface area contributed by atoms with Crippen LogP contribution in [0.1, 0.15) is 24.8 Å². The Hall–Kier alpha value is -1.42. The van der Waals surface area contributed by atoms with Gasteiger partial charge in [0.2, 0.25) is 5.91 Å². The van der Waals surface area contributed by atoms with Crippen LogP contribution in [-0.4, -0.2) is 32.0 Å². The van der Waals surface area contributed by atoms with Crippen LogP contribution in [0.25, 0.3) is 0 Å². The van der Waals surface area contributed by atoms with Gasteiger partial charge in [-0.2, -0.15) is 0 Å². The van der Waals surface area contributed by atoms with Crippen LogP contribution in [0.2, 0.25) is 0 Å². The smallest absolute Gasteiger partial charge is 0.224 e. The molecule has 2 rings (SSSR count). The molecule has 0 aromatic heterocycles. The van der Waals surface area contributed by atoms with Gasteiger partial charge in [-0.1, -0.05) is 12.5 Å². The summed E-state index contributed by atoms with van der Waals surface area (Å²) in [6, 6.07) is 5.76. The van der Waals surface area contributed by atoms with Crippen LogP contribution in [0, 0.1) is 5.92 Å². The molecule has 116 valence electrons. The van der Waals surface area contributed by atoms with Crippen molar-refractivity contribution >= 4 is 17.5 Å². The number of ether oxygens (including phenoxy) is 2. The van der Waals surface area contributed by atoms with Gasteiger partial charge in [0, 0.05) is 11.9 Å². The zero-order valence-electron chi connectivity index (χ0n) is 12.5. The second-order valence-corrected chi connectivity index (χ2v) is 5.69. The maximum absolute atomic E-state index is 12.2. The Balaban J connectivity index is 1.96. The number of amides is 1. The molecule has 4 nitrogen and oxygen atoms in total. The number of halogens is 1. The molecule has 1 amide bonds. The minimum Gasteiger partial charge on any atom is -0.493 e. The van der Waals surface area contributed by atoms with E-state index in [2.05, 4.69) is 5.32 Å². The van der Waals surface area contributed by atoms with Crippen LogP contribution in [0.5, 0.6) is 11.5 Å². The summed E-state index contributed by atoms with van der Waals surface area (Å²) in [5.74, 6) is 2.36. The maximum atomic E-state index is 12.2. The molecule has 0 radical (unpaired) electrons. The summed E-state index contributed by atoms with van der Waals surface area (Å²) < 4.78 is 10.4. The van der Waals surface area contributed by atoms with Crippen LogP contribution in [-0.2, 0) is 11.2 Å². The molecule has 5 heteroatoms. The highest BCUT2D eigenvalue weighted by Crippen LogP contribution is 2.28. The van der Waals surface area contributed by atoms with Crippen molar-refractivity contribution in [3.05, 3.63) is 23.8 Å². The molecule has 1 aliphatic carbocycles. The highest BCUT2D eigenvalue weighted by Gasteiger charge is 2.27. The van der Waals surface area contributed by atoms with E-state index in [9.17, 15) is 4.79 Å². The number of carbonyl (C=O) groups excluding carboxylic acids is 1. The third-order valence-electron chi connectivity index (χ3n) is 4.02. The van der Waals surface area contributed by atoms with E-state index in [1.807, 2.05) is 18.2 Å². The van der Waals surface area contributed by atoms with Gasteiger partial charge in [0.05, 0.1) is 20.6 Å². The second-order valence-electron chi connectivity index (χ2n) is 5.39. The van der Waals surface area contributed by atoms with E-state index in [0.717, 1.165) is 24.8 Å². The first-order chi connectivity index (χ1) is 10.2. The van der Waals surface area contributed by atoms with Crippen molar-refractivity contribution in [2.45, 2.75) is 31.7 Å². The minimum atomic E-state index is 0.0317. The fourth-order valence-corrected chi connectivity index (χ4v) is 3.21. The molecule has 1 fully saturated rings. The Morgan fingerprint density at radius 3 is 2.71 bits per heavy atom.